The minimum absolute atomic E-state index is 0.104. The van der Waals surface area contributed by atoms with E-state index in [-0.39, 0.29) is 18.0 Å². The van der Waals surface area contributed by atoms with E-state index in [0.29, 0.717) is 31.1 Å². The number of carbonyl (C=O) groups is 2. The number of piperazine rings is 1. The monoisotopic (exact) mass is 385 g/mol. The number of H-pyrrole nitrogens is 1. The largest absolute Gasteiger partial charge is 0.389 e. The number of fused-ring (bicyclic) bond motifs is 2. The van der Waals surface area contributed by atoms with Gasteiger partial charge in [-0.2, -0.15) is 13.2 Å². The number of nitrogens with zero attached hydrogens (tertiary/aromatic N) is 2. The molecule has 2 saturated heterocycles. The van der Waals surface area contributed by atoms with Crippen molar-refractivity contribution in [3.63, 3.8) is 0 Å². The fourth-order valence-electron chi connectivity index (χ4n) is 4.21. The molecule has 1 aromatic heterocycles. The molecule has 0 radical (unpaired) electrons. The van der Waals surface area contributed by atoms with Crippen molar-refractivity contribution in [3.05, 3.63) is 23.5 Å². The molecule has 2 aliphatic rings. The van der Waals surface area contributed by atoms with Crippen LogP contribution in [0.3, 0.4) is 0 Å². The van der Waals surface area contributed by atoms with Crippen LogP contribution in [0.4, 0.5) is 13.2 Å². The average Bonchev–Trinajstić information content (AvgIpc) is 3.25. The van der Waals surface area contributed by atoms with Gasteiger partial charge in [-0.3, -0.25) is 9.59 Å². The van der Waals surface area contributed by atoms with Crippen molar-refractivity contribution >= 4 is 11.8 Å². The van der Waals surface area contributed by atoms with Crippen molar-refractivity contribution in [1.82, 2.24) is 14.8 Å². The van der Waals surface area contributed by atoms with Crippen LogP contribution >= 0.6 is 0 Å². The van der Waals surface area contributed by atoms with Crippen LogP contribution in [0.5, 0.6) is 0 Å². The molecule has 8 heteroatoms. The quantitative estimate of drug-likeness (QED) is 0.846. The van der Waals surface area contributed by atoms with Crippen LogP contribution in [0.1, 0.15) is 49.7 Å². The first-order valence-corrected chi connectivity index (χ1v) is 9.40. The van der Waals surface area contributed by atoms with Gasteiger partial charge in [-0.05, 0) is 30.4 Å². The molecule has 0 aromatic carbocycles. The Morgan fingerprint density at radius 2 is 1.81 bits per heavy atom. The maximum absolute atomic E-state index is 12.8. The van der Waals surface area contributed by atoms with Gasteiger partial charge in [-0.15, -0.1) is 0 Å². The number of aromatic amines is 1. The van der Waals surface area contributed by atoms with Gasteiger partial charge in [0, 0.05) is 25.2 Å². The molecule has 2 bridgehead atoms. The summed E-state index contributed by atoms with van der Waals surface area (Å²) >= 11 is 0. The van der Waals surface area contributed by atoms with Gasteiger partial charge >= 0.3 is 6.18 Å². The highest BCUT2D eigenvalue weighted by Gasteiger charge is 2.48. The molecule has 2 fully saturated rings. The van der Waals surface area contributed by atoms with E-state index in [2.05, 4.69) is 18.8 Å². The Bertz CT molecular complexity index is 713. The van der Waals surface area contributed by atoms with Crippen molar-refractivity contribution in [3.8, 4) is 0 Å². The second kappa shape index (κ2) is 7.20. The van der Waals surface area contributed by atoms with Gasteiger partial charge in [0.05, 0.1) is 18.5 Å². The number of hydrogen-bond donors (Lipinski definition) is 1. The zero-order valence-corrected chi connectivity index (χ0v) is 15.8. The molecule has 2 aliphatic heterocycles. The number of alkyl halides is 3. The molecule has 2 amide bonds. The predicted molar refractivity (Wildman–Crippen MR) is 94.1 cm³/mol. The highest BCUT2D eigenvalue weighted by molar-refractivity contribution is 5.93. The molecule has 3 heterocycles. The molecule has 1 aromatic rings. The average molecular weight is 385 g/mol. The van der Waals surface area contributed by atoms with Gasteiger partial charge in [0.15, 0.2) is 0 Å². The molecule has 0 saturated carbocycles. The maximum Gasteiger partial charge on any atom is 0.389 e. The fourth-order valence-corrected chi connectivity index (χ4v) is 4.21. The number of carbonyl (C=O) groups excluding carboxylic acids is 2. The first-order chi connectivity index (χ1) is 12.5. The minimum Gasteiger partial charge on any atom is -0.357 e. The first kappa shape index (κ1) is 19.8. The Morgan fingerprint density at radius 3 is 2.37 bits per heavy atom. The molecule has 0 unspecified atom stereocenters. The number of hydrogen-bond acceptors (Lipinski definition) is 2. The Morgan fingerprint density at radius 1 is 1.19 bits per heavy atom. The maximum atomic E-state index is 12.8. The molecule has 1 N–H and O–H groups in total. The van der Waals surface area contributed by atoms with Crippen LogP contribution in [0.15, 0.2) is 12.3 Å². The standard InChI is InChI=1S/C19H26F3N3O2/c1-11(2)4-13-5-16(23-8-13)18(27)25-10-14-6-15(25)9-24(14)17(26)12(3)7-19(20,21)22/h5,8,11-12,14-15,23H,4,6-7,9-10H2,1-3H3/t12-,14+,15+/m1/s1. The number of halogens is 3. The highest BCUT2D eigenvalue weighted by Crippen LogP contribution is 2.34. The SMILES string of the molecule is CC(C)Cc1c[nH]c(C(=O)N2C[C@@H]3C[C@H]2CN3C(=O)[C@H](C)CC(F)(F)F)c1. The molecule has 150 valence electrons. The van der Waals surface area contributed by atoms with Crippen molar-refractivity contribution in [2.75, 3.05) is 13.1 Å². The molecule has 0 aliphatic carbocycles. The lowest BCUT2D eigenvalue weighted by atomic mass is 10.1. The fraction of sp³-hybridized carbons (Fsp3) is 0.684. The second-order valence-corrected chi connectivity index (χ2v) is 8.23. The Labute approximate surface area is 156 Å². The van der Waals surface area contributed by atoms with Crippen molar-refractivity contribution in [2.45, 2.75) is 58.3 Å². The number of nitrogens with one attached hydrogen (secondary N) is 1. The number of amides is 2. The zero-order valence-electron chi connectivity index (χ0n) is 15.8. The van der Waals surface area contributed by atoms with Crippen LogP contribution in [-0.4, -0.2) is 57.9 Å². The van der Waals surface area contributed by atoms with E-state index in [1.165, 1.54) is 11.8 Å². The number of rotatable bonds is 5. The first-order valence-electron chi connectivity index (χ1n) is 9.40. The Kier molecular flexibility index (Phi) is 5.27. The predicted octanol–water partition coefficient (Wildman–Crippen LogP) is 3.23. The molecule has 3 rings (SSSR count). The summed E-state index contributed by atoms with van der Waals surface area (Å²) in [5.41, 5.74) is 1.61. The summed E-state index contributed by atoms with van der Waals surface area (Å²) in [6.45, 7) is 6.24. The normalized spacial score (nSPS) is 23.4. The minimum atomic E-state index is -4.35. The lowest BCUT2D eigenvalue weighted by molar-refractivity contribution is -0.159. The van der Waals surface area contributed by atoms with E-state index >= 15 is 0 Å². The van der Waals surface area contributed by atoms with Crippen molar-refractivity contribution in [1.29, 1.82) is 0 Å². The summed E-state index contributed by atoms with van der Waals surface area (Å²) in [4.78, 5) is 31.5. The zero-order chi connectivity index (χ0) is 19.9. The van der Waals surface area contributed by atoms with Gasteiger partial charge in [0.1, 0.15) is 5.69 Å². The van der Waals surface area contributed by atoms with Crippen LogP contribution in [0, 0.1) is 11.8 Å². The van der Waals surface area contributed by atoms with E-state index in [1.54, 1.807) is 4.90 Å². The van der Waals surface area contributed by atoms with Gasteiger partial charge < -0.3 is 14.8 Å². The van der Waals surface area contributed by atoms with E-state index in [1.807, 2.05) is 12.3 Å². The lowest BCUT2D eigenvalue weighted by Gasteiger charge is -2.35. The summed E-state index contributed by atoms with van der Waals surface area (Å²) in [5.74, 6) is -1.17. The topological polar surface area (TPSA) is 56.4 Å². The summed E-state index contributed by atoms with van der Waals surface area (Å²) in [6.07, 6.45) is -2.10. The number of likely N-dealkylation sites (tertiary alicyclic amines) is 2. The van der Waals surface area contributed by atoms with E-state index < -0.39 is 24.4 Å². The van der Waals surface area contributed by atoms with Crippen molar-refractivity contribution in [2.24, 2.45) is 11.8 Å². The van der Waals surface area contributed by atoms with Crippen molar-refractivity contribution < 1.29 is 22.8 Å². The van der Waals surface area contributed by atoms with Crippen LogP contribution in [0.25, 0.3) is 0 Å². The van der Waals surface area contributed by atoms with Gasteiger partial charge in [-0.25, -0.2) is 0 Å². The van der Waals surface area contributed by atoms with Gasteiger partial charge in [0.2, 0.25) is 5.91 Å². The third kappa shape index (κ3) is 4.30. The molecular formula is C19H26F3N3O2. The molecule has 5 nitrogen and oxygen atoms in total. The smallest absolute Gasteiger partial charge is 0.357 e. The summed E-state index contributed by atoms with van der Waals surface area (Å²) in [7, 11) is 0. The summed E-state index contributed by atoms with van der Waals surface area (Å²) in [5, 5.41) is 0. The lowest BCUT2D eigenvalue weighted by Crippen LogP contribution is -2.52. The summed E-state index contributed by atoms with van der Waals surface area (Å²) < 4.78 is 37.7. The van der Waals surface area contributed by atoms with Crippen LogP contribution < -0.4 is 0 Å². The third-order valence-electron chi connectivity index (χ3n) is 5.36. The van der Waals surface area contributed by atoms with Crippen LogP contribution in [-0.2, 0) is 11.2 Å². The molecule has 3 atom stereocenters. The second-order valence-electron chi connectivity index (χ2n) is 8.23. The van der Waals surface area contributed by atoms with E-state index in [4.69, 9.17) is 0 Å². The Hall–Kier alpha value is -1.99. The Balaban J connectivity index is 1.60. The number of aromatic nitrogens is 1. The van der Waals surface area contributed by atoms with Gasteiger partial charge in [-0.1, -0.05) is 20.8 Å². The molecular weight excluding hydrogens is 359 g/mol. The van der Waals surface area contributed by atoms with Crippen LogP contribution in [0.2, 0.25) is 0 Å². The summed E-state index contributed by atoms with van der Waals surface area (Å²) in [6, 6.07) is 1.55. The molecule has 0 spiro atoms. The van der Waals surface area contributed by atoms with E-state index in [0.717, 1.165) is 12.0 Å². The highest BCUT2D eigenvalue weighted by atomic mass is 19.4. The van der Waals surface area contributed by atoms with E-state index in [9.17, 15) is 22.8 Å². The van der Waals surface area contributed by atoms with Gasteiger partial charge in [0.25, 0.3) is 5.91 Å². The molecule has 27 heavy (non-hydrogen) atoms. The third-order valence-corrected chi connectivity index (χ3v) is 5.36.